The Morgan fingerprint density at radius 3 is 2.62 bits per heavy atom. The highest BCUT2D eigenvalue weighted by Gasteiger charge is 2.10. The third-order valence-electron chi connectivity index (χ3n) is 3.10. The van der Waals surface area contributed by atoms with Crippen molar-refractivity contribution in [2.75, 3.05) is 15.8 Å². The van der Waals surface area contributed by atoms with Gasteiger partial charge in [-0.05, 0) is 6.92 Å². The lowest BCUT2D eigenvalue weighted by molar-refractivity contribution is 0.602. The van der Waals surface area contributed by atoms with Crippen LogP contribution < -0.4 is 10.0 Å². The summed E-state index contributed by atoms with van der Waals surface area (Å²) in [6.45, 7) is 1.56. The van der Waals surface area contributed by atoms with Gasteiger partial charge in [0.25, 0.3) is 0 Å². The quantitative estimate of drug-likeness (QED) is 0.679. The second-order valence-corrected chi connectivity index (χ2v) is 6.98. The molecule has 11 heteroatoms. The molecule has 24 heavy (non-hydrogen) atoms. The van der Waals surface area contributed by atoms with E-state index in [0.717, 1.165) is 5.69 Å². The molecule has 126 valence electrons. The Kier molecular flexibility index (Phi) is 4.16. The number of hydrogen-bond donors (Lipinski definition) is 2. The fraction of sp³-hybridized carbons (Fsp3) is 0.231. The lowest BCUT2D eigenvalue weighted by Crippen LogP contribution is -2.14. The van der Waals surface area contributed by atoms with E-state index in [4.69, 9.17) is 0 Å². The molecule has 2 N–H and O–H groups in total. The maximum Gasteiger partial charge on any atom is 0.232 e. The van der Waals surface area contributed by atoms with Crippen molar-refractivity contribution < 1.29 is 8.42 Å². The molecule has 3 heterocycles. The molecule has 0 aliphatic carbocycles. The SMILES string of the molecule is CCS(=O)(=O)Nc1cnn(-c2cc(Nc3cnn(C)c3)ncn2)c1. The fourth-order valence-corrected chi connectivity index (χ4v) is 2.54. The van der Waals surface area contributed by atoms with E-state index >= 15 is 0 Å². The molecule has 0 spiro atoms. The first kappa shape index (κ1) is 15.9. The first-order chi connectivity index (χ1) is 11.4. The van der Waals surface area contributed by atoms with Gasteiger partial charge in [0.2, 0.25) is 10.0 Å². The molecule has 0 atom stereocenters. The third kappa shape index (κ3) is 3.68. The number of sulfonamides is 1. The predicted octanol–water partition coefficient (Wildman–Crippen LogP) is 0.901. The number of nitrogens with zero attached hydrogens (tertiary/aromatic N) is 6. The third-order valence-corrected chi connectivity index (χ3v) is 4.41. The molecule has 0 saturated carbocycles. The highest BCUT2D eigenvalue weighted by Crippen LogP contribution is 2.16. The van der Waals surface area contributed by atoms with E-state index in [1.807, 2.05) is 13.2 Å². The van der Waals surface area contributed by atoms with Crippen LogP contribution in [0.15, 0.2) is 37.2 Å². The molecule has 0 amide bonds. The summed E-state index contributed by atoms with van der Waals surface area (Å²) in [4.78, 5) is 8.27. The van der Waals surface area contributed by atoms with E-state index in [-0.39, 0.29) is 5.75 Å². The highest BCUT2D eigenvalue weighted by molar-refractivity contribution is 7.92. The first-order valence-corrected chi connectivity index (χ1v) is 8.73. The fourth-order valence-electron chi connectivity index (χ4n) is 1.93. The summed E-state index contributed by atoms with van der Waals surface area (Å²) < 4.78 is 28.7. The van der Waals surface area contributed by atoms with Crippen molar-refractivity contribution in [2.45, 2.75) is 6.92 Å². The smallest absolute Gasteiger partial charge is 0.232 e. The molecule has 0 fully saturated rings. The molecule has 0 unspecified atom stereocenters. The standard InChI is InChI=1S/C13H16N8O2S/c1-3-24(22,23)19-11-6-17-21(8-11)13-4-12(14-9-15-13)18-10-5-16-20(2)7-10/h4-9,19H,3H2,1-2H3,(H,14,15,18). The lowest BCUT2D eigenvalue weighted by Gasteiger charge is -2.05. The topological polar surface area (TPSA) is 120 Å². The van der Waals surface area contributed by atoms with E-state index in [1.54, 1.807) is 30.1 Å². The summed E-state index contributed by atoms with van der Waals surface area (Å²) in [6.07, 6.45) is 7.85. The molecule has 0 bridgehead atoms. The van der Waals surface area contributed by atoms with Crippen molar-refractivity contribution in [1.29, 1.82) is 0 Å². The Hall–Kier alpha value is -2.95. The van der Waals surface area contributed by atoms with Crippen molar-refractivity contribution in [2.24, 2.45) is 7.05 Å². The maximum absolute atomic E-state index is 11.6. The number of rotatable bonds is 6. The summed E-state index contributed by atoms with van der Waals surface area (Å²) in [5.74, 6) is 1.06. The normalized spacial score (nSPS) is 11.4. The van der Waals surface area contributed by atoms with Gasteiger partial charge in [-0.3, -0.25) is 9.40 Å². The highest BCUT2D eigenvalue weighted by atomic mass is 32.2. The van der Waals surface area contributed by atoms with Crippen molar-refractivity contribution in [3.63, 3.8) is 0 Å². The largest absolute Gasteiger partial charge is 0.338 e. The molecule has 0 aromatic carbocycles. The molecule has 3 aromatic rings. The van der Waals surface area contributed by atoms with Gasteiger partial charge in [0, 0.05) is 19.3 Å². The van der Waals surface area contributed by atoms with E-state index in [0.29, 0.717) is 17.3 Å². The number of nitrogens with one attached hydrogen (secondary N) is 2. The van der Waals surface area contributed by atoms with Gasteiger partial charge in [-0.1, -0.05) is 0 Å². The van der Waals surface area contributed by atoms with Crippen LogP contribution in [0.2, 0.25) is 0 Å². The molecule has 0 aliphatic heterocycles. The Bertz CT molecular complexity index is 946. The molecule has 0 aliphatic rings. The molecule has 3 rings (SSSR count). The Labute approximate surface area is 138 Å². The Balaban J connectivity index is 1.80. The van der Waals surface area contributed by atoms with Crippen LogP contribution in [0.3, 0.4) is 0 Å². The van der Waals surface area contributed by atoms with Gasteiger partial charge in [-0.15, -0.1) is 0 Å². The molecule has 0 saturated heterocycles. The molecule has 3 aromatic heterocycles. The van der Waals surface area contributed by atoms with Crippen LogP contribution in [0.25, 0.3) is 5.82 Å². The number of anilines is 3. The molecular weight excluding hydrogens is 332 g/mol. The molecular formula is C13H16N8O2S. The number of hydrogen-bond acceptors (Lipinski definition) is 7. The maximum atomic E-state index is 11.6. The van der Waals surface area contributed by atoms with Crippen LogP contribution in [0, 0.1) is 0 Å². The first-order valence-electron chi connectivity index (χ1n) is 7.08. The molecule has 0 radical (unpaired) electrons. The van der Waals surface area contributed by atoms with Gasteiger partial charge in [0.05, 0.1) is 35.7 Å². The lowest BCUT2D eigenvalue weighted by atomic mass is 10.5. The zero-order valence-corrected chi connectivity index (χ0v) is 13.9. The average molecular weight is 348 g/mol. The van der Waals surface area contributed by atoms with Crippen molar-refractivity contribution in [3.8, 4) is 5.82 Å². The Morgan fingerprint density at radius 2 is 1.92 bits per heavy atom. The van der Waals surface area contributed by atoms with Crippen LogP contribution >= 0.6 is 0 Å². The second kappa shape index (κ2) is 6.28. The molecule has 10 nitrogen and oxygen atoms in total. The zero-order valence-electron chi connectivity index (χ0n) is 13.1. The zero-order chi connectivity index (χ0) is 17.2. The number of aryl methyl sites for hydroxylation is 1. The van der Waals surface area contributed by atoms with Crippen molar-refractivity contribution >= 4 is 27.2 Å². The van der Waals surface area contributed by atoms with Crippen LogP contribution in [-0.2, 0) is 17.1 Å². The minimum absolute atomic E-state index is 0.00906. The van der Waals surface area contributed by atoms with Crippen LogP contribution in [-0.4, -0.2) is 43.7 Å². The summed E-state index contributed by atoms with van der Waals surface area (Å²) in [7, 11) is -1.53. The summed E-state index contributed by atoms with van der Waals surface area (Å²) in [6, 6.07) is 1.69. The van der Waals surface area contributed by atoms with Gasteiger partial charge in [0.1, 0.15) is 12.1 Å². The van der Waals surface area contributed by atoms with Gasteiger partial charge in [-0.25, -0.2) is 23.1 Å². The predicted molar refractivity (Wildman–Crippen MR) is 88.7 cm³/mol. The van der Waals surface area contributed by atoms with E-state index in [9.17, 15) is 8.42 Å². The van der Waals surface area contributed by atoms with E-state index < -0.39 is 10.0 Å². The van der Waals surface area contributed by atoms with Crippen LogP contribution in [0.1, 0.15) is 6.92 Å². The summed E-state index contributed by atoms with van der Waals surface area (Å²) in [5.41, 5.74) is 1.16. The van der Waals surface area contributed by atoms with Crippen LogP contribution in [0.4, 0.5) is 17.2 Å². The van der Waals surface area contributed by atoms with Gasteiger partial charge in [0.15, 0.2) is 5.82 Å². The summed E-state index contributed by atoms with van der Waals surface area (Å²) in [5, 5.41) is 11.3. The Morgan fingerprint density at radius 1 is 1.12 bits per heavy atom. The number of aromatic nitrogens is 6. The van der Waals surface area contributed by atoms with Gasteiger partial charge >= 0.3 is 0 Å². The van der Waals surface area contributed by atoms with Crippen molar-refractivity contribution in [3.05, 3.63) is 37.2 Å². The van der Waals surface area contributed by atoms with Gasteiger partial charge < -0.3 is 5.32 Å². The van der Waals surface area contributed by atoms with Crippen molar-refractivity contribution in [1.82, 2.24) is 29.5 Å². The van der Waals surface area contributed by atoms with E-state index in [2.05, 4.69) is 30.2 Å². The minimum Gasteiger partial charge on any atom is -0.338 e. The van der Waals surface area contributed by atoms with Gasteiger partial charge in [-0.2, -0.15) is 10.2 Å². The second-order valence-electron chi connectivity index (χ2n) is 4.97. The van der Waals surface area contributed by atoms with Crippen LogP contribution in [0.5, 0.6) is 0 Å². The van der Waals surface area contributed by atoms with E-state index in [1.165, 1.54) is 17.2 Å². The average Bonchev–Trinajstić information content (AvgIpc) is 3.16. The monoisotopic (exact) mass is 348 g/mol. The minimum atomic E-state index is -3.35. The summed E-state index contributed by atoms with van der Waals surface area (Å²) >= 11 is 0.